The number of nitrogens with one attached hydrogen (secondary N) is 1. The summed E-state index contributed by atoms with van der Waals surface area (Å²) in [5, 5.41) is 3.53. The largest absolute Gasteiger partial charge is 0.411 e. The second kappa shape index (κ2) is 7.09. The lowest BCUT2D eigenvalue weighted by molar-refractivity contribution is -0.188. The van der Waals surface area contributed by atoms with E-state index in [4.69, 9.17) is 9.47 Å². The first-order valence-electron chi connectivity index (χ1n) is 7.52. The predicted octanol–water partition coefficient (Wildman–Crippen LogP) is 3.03. The van der Waals surface area contributed by atoms with Crippen LogP contribution >= 0.6 is 0 Å². The van der Waals surface area contributed by atoms with E-state index >= 15 is 0 Å². The van der Waals surface area contributed by atoms with Gasteiger partial charge in [-0.25, -0.2) is 0 Å². The second-order valence-corrected chi connectivity index (χ2v) is 5.82. The standard InChI is InChI=1S/C14H24F3NO2/c1-2-19-13-7-11(8-13)18-10-4-3-5-12(6-10)20-9-14(15,16)17/h10-13,18H,2-9H2,1H3. The third-order valence-electron chi connectivity index (χ3n) is 4.08. The third-order valence-corrected chi connectivity index (χ3v) is 4.08. The monoisotopic (exact) mass is 295 g/mol. The van der Waals surface area contributed by atoms with E-state index in [-0.39, 0.29) is 12.1 Å². The molecule has 2 rings (SSSR count). The van der Waals surface area contributed by atoms with Crippen LogP contribution in [0.2, 0.25) is 0 Å². The maximum Gasteiger partial charge on any atom is 0.411 e. The van der Waals surface area contributed by atoms with Crippen molar-refractivity contribution in [1.82, 2.24) is 5.32 Å². The molecule has 0 saturated heterocycles. The average molecular weight is 295 g/mol. The lowest BCUT2D eigenvalue weighted by atomic mass is 9.86. The fourth-order valence-corrected chi connectivity index (χ4v) is 3.07. The molecule has 0 bridgehead atoms. The minimum Gasteiger partial charge on any atom is -0.378 e. The summed E-state index contributed by atoms with van der Waals surface area (Å²) in [6.45, 7) is 1.61. The maximum atomic E-state index is 12.1. The van der Waals surface area contributed by atoms with E-state index in [0.717, 1.165) is 38.7 Å². The van der Waals surface area contributed by atoms with Crippen LogP contribution in [0.25, 0.3) is 0 Å². The van der Waals surface area contributed by atoms with Crippen LogP contribution in [-0.4, -0.2) is 43.7 Å². The Kier molecular flexibility index (Phi) is 5.69. The summed E-state index contributed by atoms with van der Waals surface area (Å²) in [6, 6.07) is 0.743. The minimum atomic E-state index is -4.22. The van der Waals surface area contributed by atoms with Crippen LogP contribution in [0, 0.1) is 0 Å². The molecule has 2 aliphatic rings. The number of alkyl halides is 3. The molecule has 0 heterocycles. The minimum absolute atomic E-state index is 0.259. The van der Waals surface area contributed by atoms with Gasteiger partial charge in [-0.1, -0.05) is 0 Å². The molecule has 1 N–H and O–H groups in total. The highest BCUT2D eigenvalue weighted by Crippen LogP contribution is 2.28. The summed E-state index contributed by atoms with van der Waals surface area (Å²) in [7, 11) is 0. The maximum absolute atomic E-state index is 12.1. The quantitative estimate of drug-likeness (QED) is 0.817. The molecule has 0 aliphatic heterocycles. The van der Waals surface area contributed by atoms with Gasteiger partial charge < -0.3 is 14.8 Å². The topological polar surface area (TPSA) is 30.5 Å². The van der Waals surface area contributed by atoms with E-state index < -0.39 is 12.8 Å². The molecule has 0 amide bonds. The number of rotatable bonds is 6. The molecule has 3 nitrogen and oxygen atoms in total. The first-order chi connectivity index (χ1) is 9.46. The highest BCUT2D eigenvalue weighted by atomic mass is 19.4. The molecule has 118 valence electrons. The highest BCUT2D eigenvalue weighted by molar-refractivity contribution is 4.90. The molecule has 0 aromatic carbocycles. The summed E-state index contributed by atoms with van der Waals surface area (Å²) in [6.07, 6.45) is 1.29. The molecular weight excluding hydrogens is 271 g/mol. The molecule has 20 heavy (non-hydrogen) atoms. The molecule has 0 aromatic heterocycles. The van der Waals surface area contributed by atoms with E-state index in [0.29, 0.717) is 18.6 Å². The predicted molar refractivity (Wildman–Crippen MR) is 69.6 cm³/mol. The average Bonchev–Trinajstić information content (AvgIpc) is 2.34. The van der Waals surface area contributed by atoms with Crippen LogP contribution in [0.1, 0.15) is 45.4 Å². The summed E-state index contributed by atoms with van der Waals surface area (Å²) < 4.78 is 46.9. The Morgan fingerprint density at radius 3 is 2.35 bits per heavy atom. The molecule has 2 fully saturated rings. The number of hydrogen-bond acceptors (Lipinski definition) is 3. The van der Waals surface area contributed by atoms with Crippen molar-refractivity contribution in [3.63, 3.8) is 0 Å². The van der Waals surface area contributed by atoms with Crippen LogP contribution in [0.15, 0.2) is 0 Å². The van der Waals surface area contributed by atoms with Crippen molar-refractivity contribution in [2.75, 3.05) is 13.2 Å². The lowest BCUT2D eigenvalue weighted by Gasteiger charge is -2.40. The molecule has 0 radical (unpaired) electrons. The molecule has 6 heteroatoms. The molecule has 0 spiro atoms. The van der Waals surface area contributed by atoms with Gasteiger partial charge in [0.1, 0.15) is 6.61 Å². The molecule has 2 saturated carbocycles. The number of hydrogen-bond donors (Lipinski definition) is 1. The van der Waals surface area contributed by atoms with Crippen LogP contribution in [0.4, 0.5) is 13.2 Å². The van der Waals surface area contributed by atoms with Crippen LogP contribution < -0.4 is 5.32 Å². The Balaban J connectivity index is 1.64. The SMILES string of the molecule is CCOC1CC(NC2CCCC(OCC(F)(F)F)C2)C1. The van der Waals surface area contributed by atoms with Gasteiger partial charge in [-0.3, -0.25) is 0 Å². The Labute approximate surface area is 118 Å². The van der Waals surface area contributed by atoms with E-state index in [1.807, 2.05) is 6.92 Å². The van der Waals surface area contributed by atoms with Gasteiger partial charge in [-0.15, -0.1) is 0 Å². The number of halogens is 3. The highest BCUT2D eigenvalue weighted by Gasteiger charge is 2.34. The van der Waals surface area contributed by atoms with Gasteiger partial charge in [-0.2, -0.15) is 13.2 Å². The van der Waals surface area contributed by atoms with Gasteiger partial charge >= 0.3 is 6.18 Å². The Hall–Kier alpha value is -0.330. The molecule has 2 atom stereocenters. The van der Waals surface area contributed by atoms with Crippen molar-refractivity contribution in [3.8, 4) is 0 Å². The van der Waals surface area contributed by atoms with E-state index in [9.17, 15) is 13.2 Å². The van der Waals surface area contributed by atoms with E-state index in [2.05, 4.69) is 5.32 Å². The van der Waals surface area contributed by atoms with Crippen molar-refractivity contribution in [2.24, 2.45) is 0 Å². The van der Waals surface area contributed by atoms with Crippen molar-refractivity contribution >= 4 is 0 Å². The van der Waals surface area contributed by atoms with Crippen LogP contribution in [0.3, 0.4) is 0 Å². The van der Waals surface area contributed by atoms with Crippen molar-refractivity contribution in [2.45, 2.75) is 75.9 Å². The fraction of sp³-hybridized carbons (Fsp3) is 1.00. The Morgan fingerprint density at radius 1 is 1.00 bits per heavy atom. The molecule has 0 aromatic rings. The molecule has 2 aliphatic carbocycles. The zero-order valence-electron chi connectivity index (χ0n) is 11.9. The Bertz CT molecular complexity index is 293. The Morgan fingerprint density at radius 2 is 1.70 bits per heavy atom. The normalized spacial score (nSPS) is 34.8. The van der Waals surface area contributed by atoms with Gasteiger partial charge in [0.05, 0.1) is 12.2 Å². The van der Waals surface area contributed by atoms with Crippen molar-refractivity contribution < 1.29 is 22.6 Å². The summed E-state index contributed by atoms with van der Waals surface area (Å²) in [5.41, 5.74) is 0. The van der Waals surface area contributed by atoms with Gasteiger partial charge in [0.2, 0.25) is 0 Å². The van der Waals surface area contributed by atoms with E-state index in [1.165, 1.54) is 0 Å². The van der Waals surface area contributed by atoms with Gasteiger partial charge in [-0.05, 0) is 45.4 Å². The van der Waals surface area contributed by atoms with Gasteiger partial charge in [0, 0.05) is 18.7 Å². The van der Waals surface area contributed by atoms with Crippen LogP contribution in [-0.2, 0) is 9.47 Å². The summed E-state index contributed by atoms with van der Waals surface area (Å²) in [5.74, 6) is 0. The van der Waals surface area contributed by atoms with Gasteiger partial charge in [0.25, 0.3) is 0 Å². The first kappa shape index (κ1) is 16.0. The zero-order chi connectivity index (χ0) is 14.6. The van der Waals surface area contributed by atoms with Crippen molar-refractivity contribution in [1.29, 1.82) is 0 Å². The third kappa shape index (κ3) is 5.22. The fourth-order valence-electron chi connectivity index (χ4n) is 3.07. The zero-order valence-corrected chi connectivity index (χ0v) is 11.9. The lowest BCUT2D eigenvalue weighted by Crippen LogP contribution is -2.51. The first-order valence-corrected chi connectivity index (χ1v) is 7.52. The second-order valence-electron chi connectivity index (χ2n) is 5.82. The summed E-state index contributed by atoms with van der Waals surface area (Å²) in [4.78, 5) is 0. The molecular formula is C14H24F3NO2. The van der Waals surface area contributed by atoms with Crippen LogP contribution in [0.5, 0.6) is 0 Å². The smallest absolute Gasteiger partial charge is 0.378 e. The van der Waals surface area contributed by atoms with Crippen molar-refractivity contribution in [3.05, 3.63) is 0 Å². The van der Waals surface area contributed by atoms with E-state index in [1.54, 1.807) is 0 Å². The molecule has 2 unspecified atom stereocenters. The summed E-state index contributed by atoms with van der Waals surface area (Å²) >= 11 is 0. The number of ether oxygens (including phenoxy) is 2. The van der Waals surface area contributed by atoms with Gasteiger partial charge in [0.15, 0.2) is 0 Å².